The van der Waals surface area contributed by atoms with Crippen molar-refractivity contribution < 1.29 is 9.90 Å². The van der Waals surface area contributed by atoms with Gasteiger partial charge in [0.15, 0.2) is 5.17 Å². The van der Waals surface area contributed by atoms with Gasteiger partial charge < -0.3 is 5.11 Å². The highest BCUT2D eigenvalue weighted by atomic mass is 32.2. The number of hydrogen-bond donors (Lipinski definition) is 1. The summed E-state index contributed by atoms with van der Waals surface area (Å²) in [7, 11) is 0. The van der Waals surface area contributed by atoms with Crippen LogP contribution in [-0.2, 0) is 4.79 Å². The minimum atomic E-state index is 0.0815. The summed E-state index contributed by atoms with van der Waals surface area (Å²) >= 11 is 1.41. The lowest BCUT2D eigenvalue weighted by molar-refractivity contribution is -0.125. The lowest BCUT2D eigenvalue weighted by atomic mass is 10.0. The Hall–Kier alpha value is -2.08. The molecule has 3 rings (SSSR count). The van der Waals surface area contributed by atoms with Crippen LogP contribution in [0.25, 0.3) is 0 Å². The van der Waals surface area contributed by atoms with E-state index >= 15 is 0 Å². The Kier molecular flexibility index (Phi) is 4.58. The van der Waals surface area contributed by atoms with E-state index in [0.717, 1.165) is 19.3 Å². The number of amides is 1. The van der Waals surface area contributed by atoms with Gasteiger partial charge in [-0.05, 0) is 31.4 Å². The maximum absolute atomic E-state index is 12.1. The number of nitrogens with zero attached hydrogens (tertiary/aromatic N) is 3. The first-order valence-corrected chi connectivity index (χ1v) is 8.25. The molecule has 0 spiro atoms. The first kappa shape index (κ1) is 14.8. The molecule has 22 heavy (non-hydrogen) atoms. The molecule has 1 aromatic rings. The third-order valence-corrected chi connectivity index (χ3v) is 4.56. The molecule has 1 heterocycles. The Morgan fingerprint density at radius 1 is 1.36 bits per heavy atom. The molecule has 2 aliphatic rings. The van der Waals surface area contributed by atoms with Crippen LogP contribution in [0, 0.1) is 0 Å². The molecular weight excluding hydrogens is 298 g/mol. The van der Waals surface area contributed by atoms with Crippen molar-refractivity contribution in [2.24, 2.45) is 10.2 Å². The maximum atomic E-state index is 12.1. The van der Waals surface area contributed by atoms with Crippen LogP contribution >= 0.6 is 11.8 Å². The Bertz CT molecular complexity index is 655. The fourth-order valence-electron chi connectivity index (χ4n) is 2.52. The van der Waals surface area contributed by atoms with Gasteiger partial charge in [-0.3, -0.25) is 9.69 Å². The minimum absolute atomic E-state index is 0.0815. The van der Waals surface area contributed by atoms with E-state index in [2.05, 4.69) is 22.4 Å². The molecule has 0 saturated carbocycles. The summed E-state index contributed by atoms with van der Waals surface area (Å²) in [6, 6.07) is 7.02. The number of hydrogen-bond acceptors (Lipinski definition) is 5. The number of phenolic OH excluding ortho intramolecular Hbond substituents is 1. The third-order valence-electron chi connectivity index (χ3n) is 3.64. The molecule has 1 aromatic carbocycles. The Morgan fingerprint density at radius 3 is 3.00 bits per heavy atom. The third kappa shape index (κ3) is 3.22. The van der Waals surface area contributed by atoms with Crippen molar-refractivity contribution in [2.45, 2.75) is 25.3 Å². The number of benzene rings is 1. The van der Waals surface area contributed by atoms with Crippen molar-refractivity contribution in [3.05, 3.63) is 42.0 Å². The van der Waals surface area contributed by atoms with Gasteiger partial charge in [-0.1, -0.05) is 36.0 Å². The molecule has 6 heteroatoms. The van der Waals surface area contributed by atoms with Crippen LogP contribution < -0.4 is 0 Å². The molecule has 1 aliphatic carbocycles. The maximum Gasteiger partial charge on any atom is 0.239 e. The molecule has 1 atom stereocenters. The smallest absolute Gasteiger partial charge is 0.239 e. The second-order valence-corrected chi connectivity index (χ2v) is 6.11. The topological polar surface area (TPSA) is 65.3 Å². The van der Waals surface area contributed by atoms with Crippen LogP contribution in [0.15, 0.2) is 46.6 Å². The van der Waals surface area contributed by atoms with Gasteiger partial charge in [-0.25, -0.2) is 0 Å². The van der Waals surface area contributed by atoms with Gasteiger partial charge in [0, 0.05) is 5.56 Å². The Morgan fingerprint density at radius 2 is 2.23 bits per heavy atom. The highest BCUT2D eigenvalue weighted by Crippen LogP contribution is 2.27. The number of carbonyl (C=O) groups excluding carboxylic acids is 1. The summed E-state index contributed by atoms with van der Waals surface area (Å²) in [5.41, 5.74) is 0.602. The SMILES string of the molecule is O=C1CS/C(=N\N=C\c2ccccc2O)N1C1C=CCCC1. The van der Waals surface area contributed by atoms with E-state index in [1.807, 2.05) is 6.07 Å². The quantitative estimate of drug-likeness (QED) is 0.530. The number of carbonyl (C=O) groups is 1. The normalized spacial score (nSPS) is 23.8. The van der Waals surface area contributed by atoms with Crippen LogP contribution in [0.3, 0.4) is 0 Å². The average Bonchev–Trinajstić information content (AvgIpc) is 2.91. The van der Waals surface area contributed by atoms with Gasteiger partial charge in [-0.2, -0.15) is 5.10 Å². The zero-order valence-corrected chi connectivity index (χ0v) is 12.9. The van der Waals surface area contributed by atoms with Crippen molar-refractivity contribution in [1.82, 2.24) is 4.90 Å². The summed E-state index contributed by atoms with van der Waals surface area (Å²) in [5.74, 6) is 0.654. The van der Waals surface area contributed by atoms with Crippen molar-refractivity contribution in [3.63, 3.8) is 0 Å². The van der Waals surface area contributed by atoms with E-state index < -0.39 is 0 Å². The lowest BCUT2D eigenvalue weighted by Crippen LogP contribution is -2.39. The van der Waals surface area contributed by atoms with Crippen LogP contribution in [0.2, 0.25) is 0 Å². The molecule has 1 saturated heterocycles. The molecule has 1 unspecified atom stereocenters. The van der Waals surface area contributed by atoms with Crippen molar-refractivity contribution in [3.8, 4) is 5.75 Å². The average molecular weight is 315 g/mol. The molecule has 1 aliphatic heterocycles. The summed E-state index contributed by atoms with van der Waals surface area (Å²) in [4.78, 5) is 13.8. The van der Waals surface area contributed by atoms with Crippen LogP contribution in [0.1, 0.15) is 24.8 Å². The highest BCUT2D eigenvalue weighted by molar-refractivity contribution is 8.15. The zero-order valence-electron chi connectivity index (χ0n) is 12.1. The number of phenols is 1. The number of para-hydroxylation sites is 1. The molecule has 5 nitrogen and oxygen atoms in total. The van der Waals surface area contributed by atoms with Gasteiger partial charge in [0.2, 0.25) is 5.91 Å². The molecule has 0 bridgehead atoms. The fourth-order valence-corrected chi connectivity index (χ4v) is 3.40. The second-order valence-electron chi connectivity index (χ2n) is 5.16. The highest BCUT2D eigenvalue weighted by Gasteiger charge is 2.33. The molecule has 1 fully saturated rings. The van der Waals surface area contributed by atoms with E-state index in [9.17, 15) is 9.90 Å². The van der Waals surface area contributed by atoms with Crippen LogP contribution in [0.4, 0.5) is 0 Å². The summed E-state index contributed by atoms with van der Waals surface area (Å²) in [5, 5.41) is 18.5. The number of aromatic hydroxyl groups is 1. The van der Waals surface area contributed by atoms with Gasteiger partial charge in [0.05, 0.1) is 18.0 Å². The summed E-state index contributed by atoms with van der Waals surface area (Å²) < 4.78 is 0. The molecular formula is C16H17N3O2S. The largest absolute Gasteiger partial charge is 0.507 e. The van der Waals surface area contributed by atoms with Gasteiger partial charge in [0.1, 0.15) is 5.75 Å². The van der Waals surface area contributed by atoms with Crippen molar-refractivity contribution in [2.75, 3.05) is 5.75 Å². The van der Waals surface area contributed by atoms with Crippen LogP contribution in [0.5, 0.6) is 5.75 Å². The number of amidine groups is 1. The Labute approximate surface area is 133 Å². The first-order chi connectivity index (χ1) is 10.8. The molecule has 0 aromatic heterocycles. The monoisotopic (exact) mass is 315 g/mol. The minimum Gasteiger partial charge on any atom is -0.507 e. The molecule has 0 radical (unpaired) electrons. The Balaban J connectivity index is 1.77. The van der Waals surface area contributed by atoms with Gasteiger partial charge in [-0.15, -0.1) is 5.10 Å². The fraction of sp³-hybridized carbons (Fsp3) is 0.312. The number of allylic oxidation sites excluding steroid dienone is 1. The summed E-state index contributed by atoms with van der Waals surface area (Å²) in [6.07, 6.45) is 8.82. The predicted octanol–water partition coefficient (Wildman–Crippen LogP) is 2.77. The predicted molar refractivity (Wildman–Crippen MR) is 89.2 cm³/mol. The van der Waals surface area contributed by atoms with E-state index in [0.29, 0.717) is 16.5 Å². The van der Waals surface area contributed by atoms with E-state index in [1.54, 1.807) is 23.1 Å². The van der Waals surface area contributed by atoms with Gasteiger partial charge >= 0.3 is 0 Å². The first-order valence-electron chi connectivity index (χ1n) is 7.26. The van der Waals surface area contributed by atoms with E-state index in [4.69, 9.17) is 0 Å². The summed E-state index contributed by atoms with van der Waals surface area (Å²) in [6.45, 7) is 0. The standard InChI is InChI=1S/C16H17N3O2S/c20-14-9-5-4-6-12(14)10-17-18-16-19(15(21)11-22-16)13-7-2-1-3-8-13/h2,4-7,9-10,13,20H,1,3,8,11H2/b17-10+,18-16-. The van der Waals surface area contributed by atoms with Crippen molar-refractivity contribution in [1.29, 1.82) is 0 Å². The van der Waals surface area contributed by atoms with Crippen LogP contribution in [-0.4, -0.2) is 39.1 Å². The lowest BCUT2D eigenvalue weighted by Gasteiger charge is -2.26. The van der Waals surface area contributed by atoms with E-state index in [-0.39, 0.29) is 17.7 Å². The number of rotatable bonds is 3. The molecule has 114 valence electrons. The molecule has 1 N–H and O–H groups in total. The van der Waals surface area contributed by atoms with Gasteiger partial charge in [0.25, 0.3) is 0 Å². The number of thioether (sulfide) groups is 1. The van der Waals surface area contributed by atoms with E-state index in [1.165, 1.54) is 18.0 Å². The zero-order chi connectivity index (χ0) is 15.4. The second kappa shape index (κ2) is 6.79. The molecule has 1 amide bonds. The van der Waals surface area contributed by atoms with Crippen molar-refractivity contribution >= 4 is 29.1 Å².